The third-order valence-electron chi connectivity index (χ3n) is 5.92. The van der Waals surface area contributed by atoms with Gasteiger partial charge >= 0.3 is 0 Å². The topological polar surface area (TPSA) is 48.9 Å². The molecule has 4 rings (SSSR count). The van der Waals surface area contributed by atoms with E-state index in [0.717, 1.165) is 57.9 Å². The highest BCUT2D eigenvalue weighted by Gasteiger charge is 2.48. The lowest BCUT2D eigenvalue weighted by Crippen LogP contribution is -2.54. The Balaban J connectivity index is 1.54. The summed E-state index contributed by atoms with van der Waals surface area (Å²) in [5.74, 6) is 0.102. The van der Waals surface area contributed by atoms with Crippen molar-refractivity contribution in [1.29, 1.82) is 0 Å². The largest absolute Gasteiger partial charge is 0.374 e. The maximum Gasteiger partial charge on any atom is 0.255 e. The first-order valence-corrected chi connectivity index (χ1v) is 9.41. The van der Waals surface area contributed by atoms with Crippen LogP contribution >= 0.6 is 0 Å². The Morgan fingerprint density at radius 2 is 2.00 bits per heavy atom. The lowest BCUT2D eigenvalue weighted by atomic mass is 9.99. The van der Waals surface area contributed by atoms with Crippen molar-refractivity contribution in [3.63, 3.8) is 0 Å². The number of carbonyl (C=O) groups is 1. The van der Waals surface area contributed by atoms with Gasteiger partial charge in [0.1, 0.15) is 0 Å². The average molecular weight is 344 g/mol. The van der Waals surface area contributed by atoms with Crippen LogP contribution in [0, 0.1) is 6.92 Å². The second kappa shape index (κ2) is 7.02. The Morgan fingerprint density at radius 3 is 2.72 bits per heavy atom. The van der Waals surface area contributed by atoms with Crippen molar-refractivity contribution in [2.45, 2.75) is 38.0 Å². The second-order valence-electron chi connectivity index (χ2n) is 7.60. The molecule has 0 saturated carbocycles. The fourth-order valence-electron chi connectivity index (χ4n) is 4.40. The summed E-state index contributed by atoms with van der Waals surface area (Å²) in [4.78, 5) is 24.3. The van der Waals surface area contributed by atoms with Crippen molar-refractivity contribution in [3.05, 3.63) is 29.6 Å². The highest BCUT2D eigenvalue weighted by molar-refractivity contribution is 5.94. The van der Waals surface area contributed by atoms with E-state index in [2.05, 4.69) is 26.7 Å². The van der Waals surface area contributed by atoms with Gasteiger partial charge in [-0.05, 0) is 38.9 Å². The van der Waals surface area contributed by atoms with E-state index in [1.807, 2.05) is 19.1 Å². The van der Waals surface area contributed by atoms with E-state index in [-0.39, 0.29) is 18.1 Å². The van der Waals surface area contributed by atoms with Gasteiger partial charge in [0.05, 0.1) is 23.8 Å². The Hall–Kier alpha value is -1.50. The molecule has 3 aliphatic heterocycles. The van der Waals surface area contributed by atoms with E-state index < -0.39 is 0 Å². The maximum atomic E-state index is 13.1. The van der Waals surface area contributed by atoms with Crippen LogP contribution in [0.2, 0.25) is 0 Å². The molecule has 0 aliphatic carbocycles. The van der Waals surface area contributed by atoms with E-state index in [1.165, 1.54) is 0 Å². The summed E-state index contributed by atoms with van der Waals surface area (Å²) in [5.41, 5.74) is 1.63. The van der Waals surface area contributed by atoms with Gasteiger partial charge in [-0.1, -0.05) is 0 Å². The Kier molecular flexibility index (Phi) is 4.75. The summed E-state index contributed by atoms with van der Waals surface area (Å²) in [7, 11) is 2.17. The summed E-state index contributed by atoms with van der Waals surface area (Å²) in [6.45, 7) is 7.82. The summed E-state index contributed by atoms with van der Waals surface area (Å²) in [6.07, 6.45) is 3.94. The van der Waals surface area contributed by atoms with E-state index in [0.29, 0.717) is 11.6 Å². The Labute approximate surface area is 149 Å². The zero-order valence-electron chi connectivity index (χ0n) is 15.2. The molecule has 0 radical (unpaired) electrons. The molecule has 0 unspecified atom stereocenters. The van der Waals surface area contributed by atoms with Crippen molar-refractivity contribution >= 4 is 5.91 Å². The number of piperazine rings is 1. The first-order chi connectivity index (χ1) is 12.1. The van der Waals surface area contributed by atoms with Gasteiger partial charge in [-0.3, -0.25) is 14.7 Å². The Morgan fingerprint density at radius 1 is 1.20 bits per heavy atom. The molecule has 1 amide bonds. The molecule has 3 fully saturated rings. The lowest BCUT2D eigenvalue weighted by molar-refractivity contribution is -0.0442. The molecule has 0 N–H and O–H groups in total. The van der Waals surface area contributed by atoms with Crippen LogP contribution in [-0.2, 0) is 4.74 Å². The second-order valence-corrected chi connectivity index (χ2v) is 7.60. The molecule has 1 aromatic rings. The number of aryl methyl sites for hydroxylation is 1. The number of aromatic nitrogens is 1. The molecule has 3 aliphatic rings. The van der Waals surface area contributed by atoms with Crippen LogP contribution in [0.1, 0.15) is 28.9 Å². The summed E-state index contributed by atoms with van der Waals surface area (Å²) in [6, 6.07) is 4.33. The van der Waals surface area contributed by atoms with Crippen LogP contribution in [0.4, 0.5) is 0 Å². The highest BCUT2D eigenvalue weighted by atomic mass is 16.5. The van der Waals surface area contributed by atoms with E-state index in [1.54, 1.807) is 6.20 Å². The van der Waals surface area contributed by atoms with E-state index >= 15 is 0 Å². The fraction of sp³-hybridized carbons (Fsp3) is 0.684. The highest BCUT2D eigenvalue weighted by Crippen LogP contribution is 2.33. The summed E-state index contributed by atoms with van der Waals surface area (Å²) < 4.78 is 6.17. The van der Waals surface area contributed by atoms with Crippen molar-refractivity contribution < 1.29 is 9.53 Å². The zero-order valence-corrected chi connectivity index (χ0v) is 15.2. The minimum absolute atomic E-state index is 0.102. The molecule has 0 aromatic carbocycles. The number of hydrogen-bond acceptors (Lipinski definition) is 5. The minimum Gasteiger partial charge on any atom is -0.374 e. The standard InChI is InChI=1S/C19H28N4O2/c1-14-5-6-15(12-20-14)19(24)23-13-17(18-16(23)4-3-11-25-18)22-9-7-21(2)8-10-22/h5-6,12,16-18H,3-4,7-11,13H2,1-2H3/t16-,17-,18+/m1/s1. The van der Waals surface area contributed by atoms with Gasteiger partial charge in [-0.15, -0.1) is 0 Å². The van der Waals surface area contributed by atoms with Crippen LogP contribution < -0.4 is 0 Å². The number of amides is 1. The van der Waals surface area contributed by atoms with E-state index in [4.69, 9.17) is 4.74 Å². The number of likely N-dealkylation sites (tertiary alicyclic amines) is 1. The number of carbonyl (C=O) groups excluding carboxylic acids is 1. The van der Waals surface area contributed by atoms with Crippen LogP contribution in [0.3, 0.4) is 0 Å². The third-order valence-corrected chi connectivity index (χ3v) is 5.92. The fourth-order valence-corrected chi connectivity index (χ4v) is 4.40. The molecule has 0 bridgehead atoms. The first-order valence-electron chi connectivity index (χ1n) is 9.41. The van der Waals surface area contributed by atoms with Crippen molar-refractivity contribution in [1.82, 2.24) is 19.7 Å². The number of nitrogens with zero attached hydrogens (tertiary/aromatic N) is 4. The van der Waals surface area contributed by atoms with Gasteiger partial charge < -0.3 is 14.5 Å². The monoisotopic (exact) mass is 344 g/mol. The van der Waals surface area contributed by atoms with Crippen LogP contribution in [0.25, 0.3) is 0 Å². The first kappa shape index (κ1) is 16.9. The number of ether oxygens (including phenoxy) is 1. The predicted octanol–water partition coefficient (Wildman–Crippen LogP) is 1.01. The predicted molar refractivity (Wildman–Crippen MR) is 95.6 cm³/mol. The summed E-state index contributed by atoms with van der Waals surface area (Å²) in [5, 5.41) is 0. The molecular weight excluding hydrogens is 316 g/mol. The molecule has 1 aromatic heterocycles. The van der Waals surface area contributed by atoms with Gasteiger partial charge in [0.15, 0.2) is 0 Å². The molecule has 25 heavy (non-hydrogen) atoms. The number of hydrogen-bond donors (Lipinski definition) is 0. The van der Waals surface area contributed by atoms with Crippen LogP contribution in [0.5, 0.6) is 0 Å². The molecule has 136 valence electrons. The van der Waals surface area contributed by atoms with Crippen LogP contribution in [0.15, 0.2) is 18.3 Å². The van der Waals surface area contributed by atoms with Crippen molar-refractivity contribution in [2.75, 3.05) is 46.4 Å². The molecule has 4 heterocycles. The van der Waals surface area contributed by atoms with Gasteiger partial charge in [0, 0.05) is 51.2 Å². The number of rotatable bonds is 2. The average Bonchev–Trinajstić information content (AvgIpc) is 3.02. The summed E-state index contributed by atoms with van der Waals surface area (Å²) >= 11 is 0. The quantitative estimate of drug-likeness (QED) is 0.801. The van der Waals surface area contributed by atoms with Gasteiger partial charge in [0.25, 0.3) is 5.91 Å². The molecular formula is C19H28N4O2. The number of likely N-dealkylation sites (N-methyl/N-ethyl adjacent to an activating group) is 1. The lowest BCUT2D eigenvalue weighted by Gasteiger charge is -2.39. The molecule has 3 atom stereocenters. The van der Waals surface area contributed by atoms with Crippen molar-refractivity contribution in [3.8, 4) is 0 Å². The smallest absolute Gasteiger partial charge is 0.255 e. The molecule has 6 nitrogen and oxygen atoms in total. The van der Waals surface area contributed by atoms with E-state index in [9.17, 15) is 4.79 Å². The number of fused-ring (bicyclic) bond motifs is 1. The van der Waals surface area contributed by atoms with Gasteiger partial charge in [0.2, 0.25) is 0 Å². The van der Waals surface area contributed by atoms with Crippen molar-refractivity contribution in [2.24, 2.45) is 0 Å². The zero-order chi connectivity index (χ0) is 17.4. The minimum atomic E-state index is 0.102. The van der Waals surface area contributed by atoms with Gasteiger partial charge in [-0.2, -0.15) is 0 Å². The third kappa shape index (κ3) is 3.30. The Bertz CT molecular complexity index is 612. The normalized spacial score (nSPS) is 31.1. The maximum absolute atomic E-state index is 13.1. The molecule has 6 heteroatoms. The van der Waals surface area contributed by atoms with Crippen LogP contribution in [-0.4, -0.2) is 90.2 Å². The molecule has 0 spiro atoms. The SMILES string of the molecule is Cc1ccc(C(=O)N2C[C@@H](N3CCN(C)CC3)[C@H]3OCCC[C@H]32)cn1. The van der Waals surface area contributed by atoms with Gasteiger partial charge in [-0.25, -0.2) is 0 Å². The number of pyridine rings is 1. The molecule has 3 saturated heterocycles.